The first-order valence-corrected chi connectivity index (χ1v) is 21.2. The Bertz CT molecular complexity index is 3520. The van der Waals surface area contributed by atoms with Crippen molar-refractivity contribution in [3.63, 3.8) is 0 Å². The molecule has 12 aromatic rings. The number of benzene rings is 9. The van der Waals surface area contributed by atoms with Gasteiger partial charge in [0.2, 0.25) is 0 Å². The Labute approximate surface area is 355 Å². The van der Waals surface area contributed by atoms with Crippen molar-refractivity contribution in [1.29, 1.82) is 0 Å². The minimum Gasteiger partial charge on any atom is -0.456 e. The lowest BCUT2D eigenvalue weighted by Crippen LogP contribution is -2.09. The van der Waals surface area contributed by atoms with Gasteiger partial charge in [0.1, 0.15) is 11.2 Å². The van der Waals surface area contributed by atoms with Crippen LogP contribution in [0, 0.1) is 0 Å². The lowest BCUT2D eigenvalue weighted by molar-refractivity contribution is 0.669. The first-order chi connectivity index (χ1) is 30.2. The Balaban J connectivity index is 1.000. The highest BCUT2D eigenvalue weighted by Crippen LogP contribution is 2.45. The lowest BCUT2D eigenvalue weighted by atomic mass is 9.93. The third kappa shape index (κ3) is 6.04. The van der Waals surface area contributed by atoms with Crippen LogP contribution < -0.4 is 4.90 Å². The first-order valence-electron chi connectivity index (χ1n) is 20.3. The molecular weight excluding hydrogens is 765 g/mol. The number of anilines is 3. The van der Waals surface area contributed by atoms with E-state index in [1.165, 1.54) is 20.2 Å². The highest BCUT2D eigenvalue weighted by molar-refractivity contribution is 7.25. The van der Waals surface area contributed by atoms with E-state index < -0.39 is 0 Å². The molecule has 5 nitrogen and oxygen atoms in total. The average molecular weight is 799 g/mol. The summed E-state index contributed by atoms with van der Waals surface area (Å²) in [6.07, 6.45) is 0. The second-order valence-corrected chi connectivity index (χ2v) is 16.2. The highest BCUT2D eigenvalue weighted by Gasteiger charge is 2.21. The van der Waals surface area contributed by atoms with Gasteiger partial charge >= 0.3 is 0 Å². The van der Waals surface area contributed by atoms with Gasteiger partial charge in [0.25, 0.3) is 0 Å². The van der Waals surface area contributed by atoms with Gasteiger partial charge in [0.15, 0.2) is 17.5 Å². The molecule has 0 unspecified atom stereocenters. The SMILES string of the molecule is c1ccc(-c2nc(-c3ccccc3)nc(-c3cccc4oc5cc(-c6ccc(N(c7ccccc7)c7ccc8sc9ccccc9c8c7)cc6)c6ccccc6c5c34)n2)cc1. The fourth-order valence-electron chi connectivity index (χ4n) is 8.70. The van der Waals surface area contributed by atoms with Gasteiger partial charge in [-0.3, -0.25) is 0 Å². The summed E-state index contributed by atoms with van der Waals surface area (Å²) in [6, 6.07) is 72.1. The third-order valence-corrected chi connectivity index (χ3v) is 12.7. The molecule has 3 heterocycles. The molecule has 6 heteroatoms. The van der Waals surface area contributed by atoms with Gasteiger partial charge in [-0.15, -0.1) is 11.3 Å². The van der Waals surface area contributed by atoms with Crippen LogP contribution in [0.4, 0.5) is 17.1 Å². The summed E-state index contributed by atoms with van der Waals surface area (Å²) in [5.41, 5.74) is 9.84. The maximum atomic E-state index is 6.77. The van der Waals surface area contributed by atoms with Gasteiger partial charge in [-0.25, -0.2) is 15.0 Å². The summed E-state index contributed by atoms with van der Waals surface area (Å²) in [6.45, 7) is 0. The van der Waals surface area contributed by atoms with Gasteiger partial charge in [-0.2, -0.15) is 0 Å². The highest BCUT2D eigenvalue weighted by atomic mass is 32.1. The third-order valence-electron chi connectivity index (χ3n) is 11.5. The smallest absolute Gasteiger partial charge is 0.164 e. The maximum Gasteiger partial charge on any atom is 0.164 e. The van der Waals surface area contributed by atoms with E-state index >= 15 is 0 Å². The van der Waals surface area contributed by atoms with Crippen molar-refractivity contribution in [2.45, 2.75) is 0 Å². The summed E-state index contributed by atoms with van der Waals surface area (Å²) >= 11 is 1.84. The van der Waals surface area contributed by atoms with Crippen molar-refractivity contribution in [3.05, 3.63) is 206 Å². The van der Waals surface area contributed by atoms with E-state index in [0.717, 1.165) is 77.6 Å². The Kier molecular flexibility index (Phi) is 8.28. The number of para-hydroxylation sites is 1. The van der Waals surface area contributed by atoms with Gasteiger partial charge < -0.3 is 9.32 Å². The second kappa shape index (κ2) is 14.4. The average Bonchev–Trinajstić information content (AvgIpc) is 3.91. The molecular formula is C55H34N4OS. The Morgan fingerprint density at radius 1 is 0.344 bits per heavy atom. The molecule has 12 rings (SSSR count). The molecule has 0 saturated carbocycles. The maximum absolute atomic E-state index is 6.77. The fourth-order valence-corrected chi connectivity index (χ4v) is 9.79. The van der Waals surface area contributed by atoms with Crippen molar-refractivity contribution in [2.24, 2.45) is 0 Å². The monoisotopic (exact) mass is 798 g/mol. The number of rotatable bonds is 7. The number of aromatic nitrogens is 3. The van der Waals surface area contributed by atoms with Crippen LogP contribution in [0.3, 0.4) is 0 Å². The minimum atomic E-state index is 0.596. The topological polar surface area (TPSA) is 55.1 Å². The molecule has 9 aromatic carbocycles. The molecule has 0 N–H and O–H groups in total. The second-order valence-electron chi connectivity index (χ2n) is 15.2. The van der Waals surface area contributed by atoms with Crippen LogP contribution in [0.25, 0.3) is 98.2 Å². The van der Waals surface area contributed by atoms with Crippen molar-refractivity contribution in [1.82, 2.24) is 15.0 Å². The summed E-state index contributed by atoms with van der Waals surface area (Å²) in [5.74, 6) is 1.84. The van der Waals surface area contributed by atoms with E-state index in [9.17, 15) is 0 Å². The van der Waals surface area contributed by atoms with Crippen molar-refractivity contribution in [2.75, 3.05) is 4.90 Å². The molecule has 61 heavy (non-hydrogen) atoms. The summed E-state index contributed by atoms with van der Waals surface area (Å²) in [7, 11) is 0. The van der Waals surface area contributed by atoms with Gasteiger partial charge in [-0.1, -0.05) is 146 Å². The van der Waals surface area contributed by atoms with Gasteiger partial charge in [0, 0.05) is 64.7 Å². The van der Waals surface area contributed by atoms with E-state index in [1.54, 1.807) is 0 Å². The molecule has 0 aliphatic heterocycles. The van der Waals surface area contributed by atoms with Crippen molar-refractivity contribution >= 4 is 81.3 Å². The summed E-state index contributed by atoms with van der Waals surface area (Å²) < 4.78 is 9.36. The normalized spacial score (nSPS) is 11.6. The largest absolute Gasteiger partial charge is 0.456 e. The van der Waals surface area contributed by atoms with Crippen LogP contribution in [-0.2, 0) is 0 Å². The molecule has 0 fully saturated rings. The number of nitrogens with zero attached hydrogens (tertiary/aromatic N) is 4. The number of thiophene rings is 1. The zero-order valence-electron chi connectivity index (χ0n) is 32.7. The van der Waals surface area contributed by atoms with Crippen LogP contribution in [0.15, 0.2) is 211 Å². The molecule has 0 radical (unpaired) electrons. The molecule has 0 aliphatic rings. The minimum absolute atomic E-state index is 0.596. The number of fused-ring (bicyclic) bond motifs is 8. The number of hydrogen-bond acceptors (Lipinski definition) is 6. The van der Waals surface area contributed by atoms with Gasteiger partial charge in [0.05, 0.1) is 0 Å². The van der Waals surface area contributed by atoms with Crippen molar-refractivity contribution < 1.29 is 4.42 Å². The van der Waals surface area contributed by atoms with E-state index in [1.807, 2.05) is 84.1 Å². The van der Waals surface area contributed by atoms with Crippen LogP contribution in [0.5, 0.6) is 0 Å². The van der Waals surface area contributed by atoms with E-state index in [0.29, 0.717) is 17.5 Å². The van der Waals surface area contributed by atoms with E-state index in [2.05, 4.69) is 138 Å². The van der Waals surface area contributed by atoms with E-state index in [4.69, 9.17) is 19.4 Å². The molecule has 0 spiro atoms. The van der Waals surface area contributed by atoms with Crippen LogP contribution in [0.2, 0.25) is 0 Å². The molecule has 0 aliphatic carbocycles. The van der Waals surface area contributed by atoms with Crippen molar-refractivity contribution in [3.8, 4) is 45.3 Å². The summed E-state index contributed by atoms with van der Waals surface area (Å²) in [4.78, 5) is 17.5. The quantitative estimate of drug-likeness (QED) is 0.161. The van der Waals surface area contributed by atoms with Gasteiger partial charge in [-0.05, 0) is 82.6 Å². The van der Waals surface area contributed by atoms with E-state index in [-0.39, 0.29) is 0 Å². The molecule has 0 atom stereocenters. The van der Waals surface area contributed by atoms with Crippen LogP contribution >= 0.6 is 11.3 Å². The summed E-state index contributed by atoms with van der Waals surface area (Å²) in [5, 5.41) is 6.82. The lowest BCUT2D eigenvalue weighted by Gasteiger charge is -2.26. The first kappa shape index (κ1) is 35.1. The van der Waals surface area contributed by atoms with Crippen LogP contribution in [0.1, 0.15) is 0 Å². The number of hydrogen-bond donors (Lipinski definition) is 0. The predicted molar refractivity (Wildman–Crippen MR) is 254 cm³/mol. The Hall–Kier alpha value is -7.93. The number of furan rings is 1. The standard InChI is InChI=1S/C55H34N4OS/c1-4-15-36(16-5-1)53-56-54(37-17-6-2-7-18-37)58-55(57-53)44-24-14-25-47-52(44)51-43-23-11-10-21-41(43)45(34-48(51)60-47)35-27-29-39(30-28-35)59(38-19-8-3-9-20-38)40-31-32-50-46(33-40)42-22-12-13-26-49(42)61-50/h1-34H. The zero-order chi connectivity index (χ0) is 40.3. The fraction of sp³-hybridized carbons (Fsp3) is 0. The Morgan fingerprint density at radius 3 is 1.64 bits per heavy atom. The molecule has 286 valence electrons. The Morgan fingerprint density at radius 2 is 0.918 bits per heavy atom. The molecule has 0 saturated heterocycles. The molecule has 0 amide bonds. The molecule has 3 aromatic heterocycles. The molecule has 0 bridgehead atoms. The predicted octanol–water partition coefficient (Wildman–Crippen LogP) is 15.4. The van der Waals surface area contributed by atoms with Crippen LogP contribution in [-0.4, -0.2) is 15.0 Å². The zero-order valence-corrected chi connectivity index (χ0v) is 33.6.